The molecule has 0 radical (unpaired) electrons. The molecule has 0 saturated heterocycles. The van der Waals surface area contributed by atoms with Crippen molar-refractivity contribution in [3.05, 3.63) is 35.6 Å². The minimum absolute atomic E-state index is 0.336. The van der Waals surface area contributed by atoms with Gasteiger partial charge in [-0.25, -0.2) is 8.57 Å². The summed E-state index contributed by atoms with van der Waals surface area (Å²) in [6.45, 7) is 1.39. The first-order chi connectivity index (χ1) is 6.38. The normalized spacial score (nSPS) is 13.9. The topological polar surface area (TPSA) is 63.6 Å². The molecule has 1 aromatic rings. The third kappa shape index (κ3) is 3.41. The number of hydrogen-bond donors (Lipinski definition) is 1. The Hall–Kier alpha value is -0.980. The second-order valence-corrected chi connectivity index (χ2v) is 3.77. The summed E-state index contributed by atoms with van der Waals surface area (Å²) >= 11 is 0. The molecule has 0 aromatic heterocycles. The summed E-state index contributed by atoms with van der Waals surface area (Å²) in [5, 5.41) is 0. The van der Waals surface area contributed by atoms with Crippen LogP contribution in [-0.2, 0) is 14.6 Å². The SMILES string of the molecule is CC(OS(=O)(=O)O)c1cccc(F)c1. The Balaban J connectivity index is 2.85. The summed E-state index contributed by atoms with van der Waals surface area (Å²) in [7, 11) is -4.51. The Morgan fingerprint density at radius 1 is 1.50 bits per heavy atom. The molecule has 1 N–H and O–H groups in total. The van der Waals surface area contributed by atoms with E-state index in [1.54, 1.807) is 0 Å². The van der Waals surface area contributed by atoms with E-state index in [0.29, 0.717) is 5.56 Å². The van der Waals surface area contributed by atoms with Gasteiger partial charge in [0.25, 0.3) is 0 Å². The molecule has 0 saturated carbocycles. The molecule has 0 spiro atoms. The lowest BCUT2D eigenvalue weighted by molar-refractivity contribution is 0.200. The molecule has 1 atom stereocenters. The van der Waals surface area contributed by atoms with Gasteiger partial charge in [0, 0.05) is 0 Å². The predicted octanol–water partition coefficient (Wildman–Crippen LogP) is 1.71. The highest BCUT2D eigenvalue weighted by atomic mass is 32.3. The predicted molar refractivity (Wildman–Crippen MR) is 47.4 cm³/mol. The monoisotopic (exact) mass is 220 g/mol. The third-order valence-electron chi connectivity index (χ3n) is 1.58. The molecular formula is C8H9FO4S. The summed E-state index contributed by atoms with van der Waals surface area (Å²) in [5.41, 5.74) is 0.336. The maximum atomic E-state index is 12.7. The summed E-state index contributed by atoms with van der Waals surface area (Å²) < 4.78 is 46.0. The van der Waals surface area contributed by atoms with E-state index in [-0.39, 0.29) is 0 Å². The minimum atomic E-state index is -4.51. The van der Waals surface area contributed by atoms with Gasteiger partial charge in [-0.05, 0) is 24.6 Å². The Kier molecular flexibility index (Phi) is 3.20. The van der Waals surface area contributed by atoms with E-state index in [2.05, 4.69) is 4.18 Å². The molecule has 78 valence electrons. The smallest absolute Gasteiger partial charge is 0.264 e. The average Bonchev–Trinajstić information content (AvgIpc) is 2.01. The van der Waals surface area contributed by atoms with Crippen molar-refractivity contribution in [2.75, 3.05) is 0 Å². The molecule has 1 unspecified atom stereocenters. The van der Waals surface area contributed by atoms with Crippen LogP contribution in [0.1, 0.15) is 18.6 Å². The first-order valence-corrected chi connectivity index (χ1v) is 5.16. The molecule has 0 fully saturated rings. The maximum absolute atomic E-state index is 12.7. The van der Waals surface area contributed by atoms with Crippen LogP contribution in [0.15, 0.2) is 24.3 Å². The summed E-state index contributed by atoms with van der Waals surface area (Å²) in [6.07, 6.45) is -0.916. The molecule has 1 aromatic carbocycles. The second kappa shape index (κ2) is 4.04. The minimum Gasteiger partial charge on any atom is -0.264 e. The molecule has 14 heavy (non-hydrogen) atoms. The van der Waals surface area contributed by atoms with Crippen LogP contribution >= 0.6 is 0 Å². The van der Waals surface area contributed by atoms with Gasteiger partial charge in [0.15, 0.2) is 0 Å². The average molecular weight is 220 g/mol. The van der Waals surface area contributed by atoms with Crippen molar-refractivity contribution in [2.45, 2.75) is 13.0 Å². The van der Waals surface area contributed by atoms with Crippen LogP contribution in [0.25, 0.3) is 0 Å². The van der Waals surface area contributed by atoms with E-state index in [4.69, 9.17) is 4.55 Å². The van der Waals surface area contributed by atoms with Gasteiger partial charge >= 0.3 is 10.4 Å². The highest BCUT2D eigenvalue weighted by Crippen LogP contribution is 2.18. The van der Waals surface area contributed by atoms with Crippen LogP contribution in [0.3, 0.4) is 0 Å². The van der Waals surface area contributed by atoms with E-state index in [1.165, 1.54) is 25.1 Å². The highest BCUT2D eigenvalue weighted by molar-refractivity contribution is 7.80. The quantitative estimate of drug-likeness (QED) is 0.787. The summed E-state index contributed by atoms with van der Waals surface area (Å²) in [6, 6.07) is 5.28. The first kappa shape index (κ1) is 11.1. The molecule has 6 heteroatoms. The zero-order valence-electron chi connectivity index (χ0n) is 7.34. The van der Waals surface area contributed by atoms with Crippen LogP contribution in [0.2, 0.25) is 0 Å². The Bertz CT molecular complexity index is 415. The molecule has 0 bridgehead atoms. The third-order valence-corrected chi connectivity index (χ3v) is 2.12. The van der Waals surface area contributed by atoms with Gasteiger partial charge in [0.05, 0.1) is 0 Å². The van der Waals surface area contributed by atoms with Crippen molar-refractivity contribution in [3.8, 4) is 0 Å². The number of rotatable bonds is 3. The number of halogens is 1. The standard InChI is InChI=1S/C8H9FO4S/c1-6(13-14(10,11)12)7-3-2-4-8(9)5-7/h2-6H,1H3,(H,10,11,12). The van der Waals surface area contributed by atoms with Crippen LogP contribution in [-0.4, -0.2) is 13.0 Å². The van der Waals surface area contributed by atoms with E-state index in [9.17, 15) is 12.8 Å². The summed E-state index contributed by atoms with van der Waals surface area (Å²) in [5.74, 6) is -0.492. The van der Waals surface area contributed by atoms with Gasteiger partial charge in [0.2, 0.25) is 0 Å². The van der Waals surface area contributed by atoms with Crippen molar-refractivity contribution in [3.63, 3.8) is 0 Å². The fourth-order valence-electron chi connectivity index (χ4n) is 0.997. The maximum Gasteiger partial charge on any atom is 0.397 e. The van der Waals surface area contributed by atoms with Crippen molar-refractivity contribution in [1.82, 2.24) is 0 Å². The van der Waals surface area contributed by atoms with Gasteiger partial charge in [-0.15, -0.1) is 0 Å². The lowest BCUT2D eigenvalue weighted by Crippen LogP contribution is -2.08. The molecule has 0 aliphatic carbocycles. The van der Waals surface area contributed by atoms with Crippen LogP contribution in [0.4, 0.5) is 4.39 Å². The molecule has 0 aliphatic rings. The zero-order chi connectivity index (χ0) is 10.8. The van der Waals surface area contributed by atoms with Gasteiger partial charge in [-0.3, -0.25) is 4.55 Å². The molecule has 4 nitrogen and oxygen atoms in total. The van der Waals surface area contributed by atoms with Gasteiger partial charge in [-0.1, -0.05) is 12.1 Å². The van der Waals surface area contributed by atoms with Crippen molar-refractivity contribution in [1.29, 1.82) is 0 Å². The van der Waals surface area contributed by atoms with Crippen LogP contribution < -0.4 is 0 Å². The van der Waals surface area contributed by atoms with Crippen molar-refractivity contribution < 1.29 is 21.5 Å². The largest absolute Gasteiger partial charge is 0.397 e. The van der Waals surface area contributed by atoms with Gasteiger partial charge in [0.1, 0.15) is 11.9 Å². The van der Waals surface area contributed by atoms with Crippen molar-refractivity contribution in [2.24, 2.45) is 0 Å². The molecule has 0 heterocycles. The second-order valence-electron chi connectivity index (χ2n) is 2.72. The van der Waals surface area contributed by atoms with E-state index in [0.717, 1.165) is 6.07 Å². The van der Waals surface area contributed by atoms with E-state index >= 15 is 0 Å². The van der Waals surface area contributed by atoms with Gasteiger partial charge in [-0.2, -0.15) is 8.42 Å². The Morgan fingerprint density at radius 3 is 2.64 bits per heavy atom. The van der Waals surface area contributed by atoms with Crippen LogP contribution in [0, 0.1) is 5.82 Å². The molecular weight excluding hydrogens is 211 g/mol. The number of hydrogen-bond acceptors (Lipinski definition) is 3. The fourth-order valence-corrected chi connectivity index (χ4v) is 1.47. The molecule has 0 aliphatic heterocycles. The highest BCUT2D eigenvalue weighted by Gasteiger charge is 2.14. The Morgan fingerprint density at radius 2 is 2.14 bits per heavy atom. The Labute approximate surface area is 81.3 Å². The van der Waals surface area contributed by atoms with E-state index < -0.39 is 22.3 Å². The lowest BCUT2D eigenvalue weighted by atomic mass is 10.1. The van der Waals surface area contributed by atoms with Crippen molar-refractivity contribution >= 4 is 10.4 Å². The number of benzene rings is 1. The van der Waals surface area contributed by atoms with Gasteiger partial charge < -0.3 is 0 Å². The first-order valence-electron chi connectivity index (χ1n) is 3.79. The van der Waals surface area contributed by atoms with Crippen LogP contribution in [0.5, 0.6) is 0 Å². The molecule has 1 rings (SSSR count). The van der Waals surface area contributed by atoms with E-state index in [1.807, 2.05) is 0 Å². The fraction of sp³-hybridized carbons (Fsp3) is 0.250. The summed E-state index contributed by atoms with van der Waals surface area (Å²) in [4.78, 5) is 0. The zero-order valence-corrected chi connectivity index (χ0v) is 8.16. The lowest BCUT2D eigenvalue weighted by Gasteiger charge is -2.09. The molecule has 0 amide bonds.